The van der Waals surface area contributed by atoms with Gasteiger partial charge in [0.05, 0.1) is 11.7 Å². The molecule has 2 aromatic heterocycles. The molecule has 1 unspecified atom stereocenters. The second kappa shape index (κ2) is 5.19. The van der Waals surface area contributed by atoms with Gasteiger partial charge in [-0.25, -0.2) is 4.98 Å². The molecule has 1 atom stereocenters. The van der Waals surface area contributed by atoms with E-state index in [1.54, 1.807) is 11.3 Å². The third-order valence-electron chi connectivity index (χ3n) is 2.55. The molecule has 0 aromatic carbocycles. The molecule has 2 rings (SSSR count). The maximum atomic E-state index is 4.38. The standard InChI is InChI=1S/C13H17N3S/c1-10(12-7-5-9-17-12)15-11-6-4-8-14-13(11)16(2)3/h4-10,15H,1-3H3. The van der Waals surface area contributed by atoms with Crippen LogP contribution in [-0.4, -0.2) is 19.1 Å². The maximum absolute atomic E-state index is 4.38. The monoisotopic (exact) mass is 247 g/mol. The highest BCUT2D eigenvalue weighted by atomic mass is 32.1. The first-order valence-electron chi connectivity index (χ1n) is 5.61. The quantitative estimate of drug-likeness (QED) is 0.897. The smallest absolute Gasteiger partial charge is 0.151 e. The van der Waals surface area contributed by atoms with Gasteiger partial charge >= 0.3 is 0 Å². The predicted molar refractivity (Wildman–Crippen MR) is 74.9 cm³/mol. The van der Waals surface area contributed by atoms with Crippen molar-refractivity contribution in [2.45, 2.75) is 13.0 Å². The lowest BCUT2D eigenvalue weighted by Crippen LogP contribution is -2.15. The van der Waals surface area contributed by atoms with Crippen LogP contribution in [-0.2, 0) is 0 Å². The summed E-state index contributed by atoms with van der Waals surface area (Å²) in [7, 11) is 4.01. The molecule has 2 aromatic rings. The molecule has 17 heavy (non-hydrogen) atoms. The number of anilines is 2. The van der Waals surface area contributed by atoms with Gasteiger partial charge in [-0.2, -0.15) is 0 Å². The van der Waals surface area contributed by atoms with Crippen molar-refractivity contribution in [3.8, 4) is 0 Å². The summed E-state index contributed by atoms with van der Waals surface area (Å²) >= 11 is 1.77. The van der Waals surface area contributed by atoms with Crippen LogP contribution in [0.2, 0.25) is 0 Å². The van der Waals surface area contributed by atoms with Crippen LogP contribution in [0, 0.1) is 0 Å². The molecule has 0 saturated heterocycles. The molecule has 0 fully saturated rings. The Labute approximate surface area is 106 Å². The van der Waals surface area contributed by atoms with Crippen LogP contribution in [0.1, 0.15) is 17.8 Å². The minimum atomic E-state index is 0.304. The lowest BCUT2D eigenvalue weighted by molar-refractivity contribution is 0.901. The molecule has 0 amide bonds. The zero-order valence-corrected chi connectivity index (χ0v) is 11.2. The molecule has 0 spiro atoms. The van der Waals surface area contributed by atoms with Gasteiger partial charge in [-0.05, 0) is 30.5 Å². The summed E-state index contributed by atoms with van der Waals surface area (Å²) in [5, 5.41) is 5.60. The molecule has 0 radical (unpaired) electrons. The van der Waals surface area contributed by atoms with Crippen molar-refractivity contribution in [2.75, 3.05) is 24.3 Å². The zero-order valence-electron chi connectivity index (χ0n) is 10.3. The number of aromatic nitrogens is 1. The number of hydrogen-bond acceptors (Lipinski definition) is 4. The Morgan fingerprint density at radius 1 is 1.29 bits per heavy atom. The first-order valence-corrected chi connectivity index (χ1v) is 6.48. The van der Waals surface area contributed by atoms with Crippen LogP contribution in [0.15, 0.2) is 35.8 Å². The Hall–Kier alpha value is -1.55. The second-order valence-electron chi connectivity index (χ2n) is 4.15. The average Bonchev–Trinajstić information content (AvgIpc) is 2.83. The average molecular weight is 247 g/mol. The van der Waals surface area contributed by atoms with Crippen molar-refractivity contribution in [1.82, 2.24) is 4.98 Å². The summed E-state index contributed by atoms with van der Waals surface area (Å²) in [5.74, 6) is 0.968. The van der Waals surface area contributed by atoms with Gasteiger partial charge in [0.1, 0.15) is 0 Å². The van der Waals surface area contributed by atoms with Crippen LogP contribution >= 0.6 is 11.3 Å². The van der Waals surface area contributed by atoms with Gasteiger partial charge in [-0.3, -0.25) is 0 Å². The Kier molecular flexibility index (Phi) is 3.64. The molecular formula is C13H17N3S. The second-order valence-corrected chi connectivity index (χ2v) is 5.13. The maximum Gasteiger partial charge on any atom is 0.151 e. The zero-order chi connectivity index (χ0) is 12.3. The van der Waals surface area contributed by atoms with Crippen LogP contribution in [0.25, 0.3) is 0 Å². The summed E-state index contributed by atoms with van der Waals surface area (Å²) in [4.78, 5) is 7.73. The molecule has 0 aliphatic rings. The molecule has 2 heterocycles. The van der Waals surface area contributed by atoms with Gasteiger partial charge in [-0.1, -0.05) is 6.07 Å². The molecule has 0 aliphatic carbocycles. The van der Waals surface area contributed by atoms with E-state index in [-0.39, 0.29) is 0 Å². The van der Waals surface area contributed by atoms with E-state index in [2.05, 4.69) is 40.8 Å². The lowest BCUT2D eigenvalue weighted by atomic mass is 10.2. The molecule has 1 N–H and O–H groups in total. The van der Waals surface area contributed by atoms with Gasteiger partial charge in [0.2, 0.25) is 0 Å². The molecule has 3 nitrogen and oxygen atoms in total. The minimum Gasteiger partial charge on any atom is -0.375 e. The van der Waals surface area contributed by atoms with E-state index in [1.165, 1.54) is 4.88 Å². The Balaban J connectivity index is 2.18. The topological polar surface area (TPSA) is 28.2 Å². The van der Waals surface area contributed by atoms with Crippen LogP contribution in [0.3, 0.4) is 0 Å². The number of thiophene rings is 1. The van der Waals surface area contributed by atoms with E-state index >= 15 is 0 Å². The SMILES string of the molecule is CC(Nc1cccnc1N(C)C)c1cccs1. The normalized spacial score (nSPS) is 12.2. The molecule has 4 heteroatoms. The fourth-order valence-corrected chi connectivity index (χ4v) is 2.44. The van der Waals surface area contributed by atoms with Gasteiger partial charge in [0, 0.05) is 25.2 Å². The molecule has 90 valence electrons. The van der Waals surface area contributed by atoms with E-state index < -0.39 is 0 Å². The molecule has 0 aliphatic heterocycles. The van der Waals surface area contributed by atoms with E-state index in [0.29, 0.717) is 6.04 Å². The van der Waals surface area contributed by atoms with Crippen molar-refractivity contribution >= 4 is 22.8 Å². The molecule has 0 saturated carbocycles. The van der Waals surface area contributed by atoms with Crippen molar-refractivity contribution in [1.29, 1.82) is 0 Å². The molecular weight excluding hydrogens is 230 g/mol. The lowest BCUT2D eigenvalue weighted by Gasteiger charge is -2.20. The fourth-order valence-electron chi connectivity index (χ4n) is 1.71. The van der Waals surface area contributed by atoms with Crippen LogP contribution < -0.4 is 10.2 Å². The Bertz CT molecular complexity index is 465. The van der Waals surface area contributed by atoms with Crippen molar-refractivity contribution in [2.24, 2.45) is 0 Å². The van der Waals surface area contributed by atoms with Crippen molar-refractivity contribution in [3.63, 3.8) is 0 Å². The highest BCUT2D eigenvalue weighted by molar-refractivity contribution is 7.10. The van der Waals surface area contributed by atoms with Gasteiger partial charge in [0.25, 0.3) is 0 Å². The predicted octanol–water partition coefficient (Wildman–Crippen LogP) is 3.38. The summed E-state index contributed by atoms with van der Waals surface area (Å²) in [6.07, 6.45) is 1.82. The van der Waals surface area contributed by atoms with E-state index in [0.717, 1.165) is 11.5 Å². The van der Waals surface area contributed by atoms with Gasteiger partial charge in [0.15, 0.2) is 5.82 Å². The number of hydrogen-bond donors (Lipinski definition) is 1. The first kappa shape index (κ1) is 11.9. The fraction of sp³-hybridized carbons (Fsp3) is 0.308. The van der Waals surface area contributed by atoms with E-state index in [4.69, 9.17) is 0 Å². The summed E-state index contributed by atoms with van der Waals surface area (Å²) in [6.45, 7) is 2.16. The van der Waals surface area contributed by atoms with Crippen LogP contribution in [0.4, 0.5) is 11.5 Å². The number of pyridine rings is 1. The van der Waals surface area contributed by atoms with E-state index in [1.807, 2.05) is 31.3 Å². The summed E-state index contributed by atoms with van der Waals surface area (Å²) in [5.41, 5.74) is 1.07. The largest absolute Gasteiger partial charge is 0.375 e. The van der Waals surface area contributed by atoms with Gasteiger partial charge in [-0.15, -0.1) is 11.3 Å². The third-order valence-corrected chi connectivity index (χ3v) is 3.61. The van der Waals surface area contributed by atoms with Crippen molar-refractivity contribution < 1.29 is 0 Å². The summed E-state index contributed by atoms with van der Waals surface area (Å²) < 4.78 is 0. The number of rotatable bonds is 4. The Morgan fingerprint density at radius 3 is 2.76 bits per heavy atom. The highest BCUT2D eigenvalue weighted by Gasteiger charge is 2.10. The molecule has 0 bridgehead atoms. The van der Waals surface area contributed by atoms with Gasteiger partial charge < -0.3 is 10.2 Å². The summed E-state index contributed by atoms with van der Waals surface area (Å²) in [6, 6.07) is 8.54. The first-order chi connectivity index (χ1) is 8.18. The number of nitrogens with one attached hydrogen (secondary N) is 1. The Morgan fingerprint density at radius 2 is 2.12 bits per heavy atom. The van der Waals surface area contributed by atoms with E-state index in [9.17, 15) is 0 Å². The minimum absolute atomic E-state index is 0.304. The number of nitrogens with zero attached hydrogens (tertiary/aromatic N) is 2. The highest BCUT2D eigenvalue weighted by Crippen LogP contribution is 2.27. The van der Waals surface area contributed by atoms with Crippen molar-refractivity contribution in [3.05, 3.63) is 40.7 Å². The van der Waals surface area contributed by atoms with Crippen LogP contribution in [0.5, 0.6) is 0 Å². The third kappa shape index (κ3) is 2.77.